The van der Waals surface area contributed by atoms with E-state index in [-0.39, 0.29) is 5.54 Å². The van der Waals surface area contributed by atoms with Gasteiger partial charge in [-0.25, -0.2) is 15.8 Å². The molecule has 6 heteroatoms. The molecule has 0 radical (unpaired) electrons. The predicted molar refractivity (Wildman–Crippen MR) is 66.9 cm³/mol. The largest absolute Gasteiger partial charge is 0.490 e. The Kier molecular flexibility index (Phi) is 3.33. The van der Waals surface area contributed by atoms with Crippen molar-refractivity contribution in [1.82, 2.24) is 9.97 Å². The van der Waals surface area contributed by atoms with E-state index >= 15 is 0 Å². The van der Waals surface area contributed by atoms with E-state index in [0.29, 0.717) is 17.4 Å². The van der Waals surface area contributed by atoms with E-state index in [9.17, 15) is 0 Å². The van der Waals surface area contributed by atoms with Crippen molar-refractivity contribution in [2.45, 2.75) is 38.1 Å². The quantitative estimate of drug-likeness (QED) is 0.532. The Morgan fingerprint density at radius 3 is 2.59 bits per heavy atom. The Balaban J connectivity index is 2.25. The molecule has 0 bridgehead atoms. The highest BCUT2D eigenvalue weighted by Crippen LogP contribution is 2.40. The van der Waals surface area contributed by atoms with Gasteiger partial charge in [0.05, 0.1) is 7.11 Å². The number of nitrogens with two attached hydrogens (primary N) is 1. The van der Waals surface area contributed by atoms with Crippen molar-refractivity contribution < 1.29 is 4.74 Å². The third kappa shape index (κ3) is 2.12. The van der Waals surface area contributed by atoms with Crippen molar-refractivity contribution in [3.63, 3.8) is 0 Å². The fourth-order valence-corrected chi connectivity index (χ4v) is 2.18. The van der Waals surface area contributed by atoms with Gasteiger partial charge >= 0.3 is 0 Å². The van der Waals surface area contributed by atoms with Gasteiger partial charge in [0.1, 0.15) is 6.33 Å². The second-order valence-electron chi connectivity index (χ2n) is 4.36. The van der Waals surface area contributed by atoms with Crippen LogP contribution in [0, 0.1) is 0 Å². The molecule has 2 rings (SSSR count). The summed E-state index contributed by atoms with van der Waals surface area (Å²) in [5.74, 6) is 7.16. The van der Waals surface area contributed by atoms with Gasteiger partial charge in [0.25, 0.3) is 0 Å². The van der Waals surface area contributed by atoms with E-state index in [4.69, 9.17) is 10.6 Å². The maximum atomic E-state index is 5.39. The van der Waals surface area contributed by atoms with Crippen LogP contribution < -0.4 is 21.3 Å². The number of anilines is 2. The van der Waals surface area contributed by atoms with Crippen LogP contribution >= 0.6 is 0 Å². The topological polar surface area (TPSA) is 85.1 Å². The molecular weight excluding hydrogens is 218 g/mol. The zero-order valence-corrected chi connectivity index (χ0v) is 10.3. The minimum absolute atomic E-state index is 0.160. The number of nitrogens with zero attached hydrogens (tertiary/aromatic N) is 2. The summed E-state index contributed by atoms with van der Waals surface area (Å²) in [6, 6.07) is 0. The summed E-state index contributed by atoms with van der Waals surface area (Å²) in [5.41, 5.74) is 2.67. The van der Waals surface area contributed by atoms with E-state index in [1.165, 1.54) is 25.6 Å². The summed E-state index contributed by atoms with van der Waals surface area (Å²) in [5, 5.41) is 3.46. The van der Waals surface area contributed by atoms with E-state index in [1.807, 2.05) is 0 Å². The Bertz CT molecular complexity index is 386. The van der Waals surface area contributed by atoms with Gasteiger partial charge < -0.3 is 15.5 Å². The predicted octanol–water partition coefficient (Wildman–Crippen LogP) is 1.52. The van der Waals surface area contributed by atoms with Crippen LogP contribution in [0.3, 0.4) is 0 Å². The molecule has 0 spiro atoms. The second kappa shape index (κ2) is 4.75. The van der Waals surface area contributed by atoms with Crippen molar-refractivity contribution in [1.29, 1.82) is 0 Å². The number of nitrogens with one attached hydrogen (secondary N) is 2. The first-order valence-corrected chi connectivity index (χ1v) is 5.88. The monoisotopic (exact) mass is 237 g/mol. The molecule has 0 aliphatic heterocycles. The highest BCUT2D eigenvalue weighted by Gasteiger charge is 2.36. The van der Waals surface area contributed by atoms with E-state index < -0.39 is 0 Å². The van der Waals surface area contributed by atoms with Crippen LogP contribution in [0.15, 0.2) is 6.33 Å². The van der Waals surface area contributed by atoms with Gasteiger partial charge in [-0.1, -0.05) is 6.92 Å². The zero-order valence-electron chi connectivity index (χ0n) is 10.3. The number of ether oxygens (including phenoxy) is 1. The lowest BCUT2D eigenvalue weighted by Gasteiger charge is -2.42. The van der Waals surface area contributed by atoms with Crippen molar-refractivity contribution in [2.75, 3.05) is 17.9 Å². The number of methoxy groups -OCH3 is 1. The number of nitrogen functional groups attached to an aromatic ring is 1. The molecule has 1 aromatic heterocycles. The molecule has 1 saturated carbocycles. The van der Waals surface area contributed by atoms with Gasteiger partial charge in [-0.3, -0.25) is 0 Å². The number of aromatic nitrogens is 2. The summed E-state index contributed by atoms with van der Waals surface area (Å²) in [7, 11) is 1.59. The summed E-state index contributed by atoms with van der Waals surface area (Å²) in [6.45, 7) is 2.18. The van der Waals surface area contributed by atoms with Gasteiger partial charge in [0, 0.05) is 5.54 Å². The Hall–Kier alpha value is -1.56. The van der Waals surface area contributed by atoms with Gasteiger partial charge in [-0.05, 0) is 25.7 Å². The molecular formula is C11H19N5O. The first kappa shape index (κ1) is 11.9. The van der Waals surface area contributed by atoms with Crippen LogP contribution in [0.4, 0.5) is 11.6 Å². The molecule has 1 fully saturated rings. The fraction of sp³-hybridized carbons (Fsp3) is 0.636. The van der Waals surface area contributed by atoms with Crippen LogP contribution in [-0.4, -0.2) is 22.6 Å². The second-order valence-corrected chi connectivity index (χ2v) is 4.36. The minimum atomic E-state index is 0.160. The van der Waals surface area contributed by atoms with Crippen LogP contribution in [0.25, 0.3) is 0 Å². The molecule has 4 N–H and O–H groups in total. The summed E-state index contributed by atoms with van der Waals surface area (Å²) < 4.78 is 5.30. The lowest BCUT2D eigenvalue weighted by Crippen LogP contribution is -2.44. The number of hydrogen-bond acceptors (Lipinski definition) is 6. The standard InChI is InChI=1S/C11H19N5O/c1-3-11(5-4-6-11)15-9-8(17-2)10(16-12)14-7-13-9/h7H,3-6,12H2,1-2H3,(H2,13,14,15,16). The molecule has 0 atom stereocenters. The summed E-state index contributed by atoms with van der Waals surface area (Å²) in [4.78, 5) is 8.25. The first-order valence-electron chi connectivity index (χ1n) is 5.88. The summed E-state index contributed by atoms with van der Waals surface area (Å²) in [6.07, 6.45) is 6.15. The van der Waals surface area contributed by atoms with Crippen molar-refractivity contribution in [3.05, 3.63) is 6.33 Å². The van der Waals surface area contributed by atoms with E-state index in [0.717, 1.165) is 6.42 Å². The fourth-order valence-electron chi connectivity index (χ4n) is 2.18. The lowest BCUT2D eigenvalue weighted by atomic mass is 9.75. The molecule has 6 nitrogen and oxygen atoms in total. The molecule has 1 heterocycles. The molecule has 0 saturated heterocycles. The molecule has 0 unspecified atom stereocenters. The van der Waals surface area contributed by atoms with Gasteiger partial charge in [-0.15, -0.1) is 0 Å². The van der Waals surface area contributed by atoms with E-state index in [2.05, 4.69) is 27.6 Å². The molecule has 0 aromatic carbocycles. The average Bonchev–Trinajstić information content (AvgIpc) is 2.33. The van der Waals surface area contributed by atoms with Gasteiger partial charge in [0.15, 0.2) is 11.6 Å². The summed E-state index contributed by atoms with van der Waals surface area (Å²) >= 11 is 0. The maximum Gasteiger partial charge on any atom is 0.205 e. The molecule has 17 heavy (non-hydrogen) atoms. The molecule has 1 aromatic rings. The normalized spacial score (nSPS) is 17.1. The molecule has 94 valence electrons. The molecule has 0 amide bonds. The van der Waals surface area contributed by atoms with Gasteiger partial charge in [0.2, 0.25) is 5.75 Å². The Labute approximate surface area is 101 Å². The average molecular weight is 237 g/mol. The van der Waals surface area contributed by atoms with E-state index in [1.54, 1.807) is 7.11 Å². The Morgan fingerprint density at radius 1 is 1.41 bits per heavy atom. The van der Waals surface area contributed by atoms with Crippen molar-refractivity contribution >= 4 is 11.6 Å². The van der Waals surface area contributed by atoms with Crippen LogP contribution in [0.5, 0.6) is 5.75 Å². The number of hydrazine groups is 1. The van der Waals surface area contributed by atoms with Gasteiger partial charge in [-0.2, -0.15) is 0 Å². The lowest BCUT2D eigenvalue weighted by molar-refractivity contribution is 0.267. The van der Waals surface area contributed by atoms with Crippen LogP contribution in [0.1, 0.15) is 32.6 Å². The molecule has 1 aliphatic rings. The number of hydrogen-bond donors (Lipinski definition) is 3. The SMILES string of the molecule is CCC1(Nc2ncnc(NN)c2OC)CCC1. The maximum absolute atomic E-state index is 5.39. The third-order valence-electron chi connectivity index (χ3n) is 3.52. The van der Waals surface area contributed by atoms with Crippen molar-refractivity contribution in [2.24, 2.45) is 5.84 Å². The van der Waals surface area contributed by atoms with Crippen LogP contribution in [-0.2, 0) is 0 Å². The third-order valence-corrected chi connectivity index (χ3v) is 3.52. The highest BCUT2D eigenvalue weighted by molar-refractivity contribution is 5.64. The highest BCUT2D eigenvalue weighted by atomic mass is 16.5. The van der Waals surface area contributed by atoms with Crippen molar-refractivity contribution in [3.8, 4) is 5.75 Å². The molecule has 1 aliphatic carbocycles. The van der Waals surface area contributed by atoms with Crippen LogP contribution in [0.2, 0.25) is 0 Å². The smallest absolute Gasteiger partial charge is 0.205 e. The zero-order chi connectivity index (χ0) is 12.3. The number of rotatable bonds is 5. The Morgan fingerprint density at radius 2 is 2.12 bits per heavy atom. The first-order chi connectivity index (χ1) is 8.24. The minimum Gasteiger partial charge on any atom is -0.490 e.